The molecule has 0 aromatic heterocycles. The Morgan fingerprint density at radius 2 is 1.94 bits per heavy atom. The Kier molecular flexibility index (Phi) is 5.10. The van der Waals surface area contributed by atoms with Crippen molar-refractivity contribution in [3.8, 4) is 0 Å². The molecule has 3 N–H and O–H groups in total. The number of nitrogens with two attached hydrogens (primary N) is 1. The summed E-state index contributed by atoms with van der Waals surface area (Å²) in [5.74, 6) is -0.115. The molecule has 2 atom stereocenters. The van der Waals surface area contributed by atoms with Crippen LogP contribution in [-0.4, -0.2) is 18.5 Å². The van der Waals surface area contributed by atoms with Crippen LogP contribution in [0.15, 0.2) is 24.3 Å². The van der Waals surface area contributed by atoms with Crippen molar-refractivity contribution >= 4 is 5.91 Å². The smallest absolute Gasteiger partial charge is 0.224 e. The summed E-state index contributed by atoms with van der Waals surface area (Å²) in [4.78, 5) is 11.7. The van der Waals surface area contributed by atoms with E-state index in [1.54, 1.807) is 12.1 Å². The Balaban J connectivity index is 2.47. The summed E-state index contributed by atoms with van der Waals surface area (Å²) < 4.78 is 12.7. The van der Waals surface area contributed by atoms with Crippen LogP contribution in [-0.2, 0) is 11.2 Å². The third kappa shape index (κ3) is 4.53. The van der Waals surface area contributed by atoms with Gasteiger partial charge < -0.3 is 11.1 Å². The molecular formula is C13H19FN2O. The quantitative estimate of drug-likeness (QED) is 0.816. The third-order valence-corrected chi connectivity index (χ3v) is 2.89. The van der Waals surface area contributed by atoms with E-state index in [1.807, 2.05) is 13.8 Å². The van der Waals surface area contributed by atoms with Gasteiger partial charge in [-0.15, -0.1) is 0 Å². The molecule has 0 saturated heterocycles. The van der Waals surface area contributed by atoms with Gasteiger partial charge >= 0.3 is 0 Å². The normalized spacial score (nSPS) is 14.1. The first-order valence-corrected chi connectivity index (χ1v) is 5.76. The lowest BCUT2D eigenvalue weighted by molar-refractivity contribution is -0.121. The molecule has 0 heterocycles. The average Bonchev–Trinajstić information content (AvgIpc) is 2.30. The van der Waals surface area contributed by atoms with E-state index >= 15 is 0 Å². The van der Waals surface area contributed by atoms with Gasteiger partial charge in [-0.2, -0.15) is 0 Å². The van der Waals surface area contributed by atoms with Crippen LogP contribution in [0.3, 0.4) is 0 Å². The first-order chi connectivity index (χ1) is 8.02. The van der Waals surface area contributed by atoms with Crippen LogP contribution in [0.1, 0.15) is 19.4 Å². The molecule has 0 bridgehead atoms. The molecular weight excluding hydrogens is 219 g/mol. The molecule has 17 heavy (non-hydrogen) atoms. The SMILES string of the molecule is CC(CN)C(C)NC(=O)Cc1ccc(F)cc1. The maximum atomic E-state index is 12.7. The lowest BCUT2D eigenvalue weighted by atomic mass is 10.0. The molecule has 0 aliphatic rings. The fraction of sp³-hybridized carbons (Fsp3) is 0.462. The lowest BCUT2D eigenvalue weighted by Gasteiger charge is -2.19. The minimum absolute atomic E-state index is 0.0490. The van der Waals surface area contributed by atoms with Gasteiger partial charge in [-0.3, -0.25) is 4.79 Å². The number of benzene rings is 1. The zero-order valence-electron chi connectivity index (χ0n) is 10.2. The number of amides is 1. The van der Waals surface area contributed by atoms with Crippen LogP contribution in [0.5, 0.6) is 0 Å². The van der Waals surface area contributed by atoms with E-state index in [2.05, 4.69) is 5.32 Å². The first-order valence-electron chi connectivity index (χ1n) is 5.76. The van der Waals surface area contributed by atoms with Gasteiger partial charge in [0.25, 0.3) is 0 Å². The highest BCUT2D eigenvalue weighted by atomic mass is 19.1. The molecule has 0 fully saturated rings. The highest BCUT2D eigenvalue weighted by Gasteiger charge is 2.13. The van der Waals surface area contributed by atoms with Crippen LogP contribution in [0.2, 0.25) is 0 Å². The molecule has 1 aromatic rings. The van der Waals surface area contributed by atoms with Crippen LogP contribution >= 0.6 is 0 Å². The standard InChI is InChI=1S/C13H19FN2O/c1-9(8-15)10(2)16-13(17)7-11-3-5-12(14)6-4-11/h3-6,9-10H,7-8,15H2,1-2H3,(H,16,17). The minimum Gasteiger partial charge on any atom is -0.353 e. The number of hydrogen-bond donors (Lipinski definition) is 2. The largest absolute Gasteiger partial charge is 0.353 e. The monoisotopic (exact) mass is 238 g/mol. The minimum atomic E-state index is -0.292. The Bertz CT molecular complexity index is 364. The van der Waals surface area contributed by atoms with Crippen molar-refractivity contribution in [1.29, 1.82) is 0 Å². The number of nitrogens with one attached hydrogen (secondary N) is 1. The Hall–Kier alpha value is -1.42. The molecule has 4 heteroatoms. The molecule has 3 nitrogen and oxygen atoms in total. The van der Waals surface area contributed by atoms with Crippen LogP contribution < -0.4 is 11.1 Å². The molecule has 2 unspecified atom stereocenters. The van der Waals surface area contributed by atoms with Crippen molar-refractivity contribution in [2.45, 2.75) is 26.3 Å². The van der Waals surface area contributed by atoms with Gasteiger partial charge in [0.05, 0.1) is 6.42 Å². The van der Waals surface area contributed by atoms with Gasteiger partial charge in [-0.25, -0.2) is 4.39 Å². The number of halogens is 1. The molecule has 0 aliphatic heterocycles. The van der Waals surface area contributed by atoms with Gasteiger partial charge in [-0.1, -0.05) is 19.1 Å². The highest BCUT2D eigenvalue weighted by Crippen LogP contribution is 2.05. The molecule has 1 rings (SSSR count). The first kappa shape index (κ1) is 13.6. The zero-order chi connectivity index (χ0) is 12.8. The number of carbonyl (C=O) groups is 1. The zero-order valence-corrected chi connectivity index (χ0v) is 10.2. The number of hydrogen-bond acceptors (Lipinski definition) is 2. The maximum absolute atomic E-state index is 12.7. The summed E-state index contributed by atoms with van der Waals surface area (Å²) in [5, 5.41) is 2.88. The summed E-state index contributed by atoms with van der Waals surface area (Å²) in [6.45, 7) is 4.46. The van der Waals surface area contributed by atoms with Gasteiger partial charge in [-0.05, 0) is 37.1 Å². The second-order valence-electron chi connectivity index (χ2n) is 4.37. The van der Waals surface area contributed by atoms with Gasteiger partial charge in [0, 0.05) is 6.04 Å². The van der Waals surface area contributed by atoms with Gasteiger partial charge in [0.1, 0.15) is 5.82 Å². The number of carbonyl (C=O) groups excluding carboxylic acids is 1. The second kappa shape index (κ2) is 6.35. The third-order valence-electron chi connectivity index (χ3n) is 2.89. The summed E-state index contributed by atoms with van der Waals surface area (Å²) >= 11 is 0. The van der Waals surface area contributed by atoms with Gasteiger partial charge in [0.2, 0.25) is 5.91 Å². The molecule has 1 amide bonds. The predicted molar refractivity (Wildman–Crippen MR) is 65.9 cm³/mol. The van der Waals surface area contributed by atoms with Crippen molar-refractivity contribution in [2.75, 3.05) is 6.54 Å². The van der Waals surface area contributed by atoms with E-state index in [0.717, 1.165) is 5.56 Å². The molecule has 0 saturated carbocycles. The molecule has 1 aromatic carbocycles. The van der Waals surface area contributed by atoms with Crippen molar-refractivity contribution < 1.29 is 9.18 Å². The summed E-state index contributed by atoms with van der Waals surface area (Å²) in [6.07, 6.45) is 0.266. The van der Waals surface area contributed by atoms with Crippen LogP contribution in [0.25, 0.3) is 0 Å². The molecule has 0 aliphatic carbocycles. The summed E-state index contributed by atoms with van der Waals surface area (Å²) in [7, 11) is 0. The lowest BCUT2D eigenvalue weighted by Crippen LogP contribution is -2.40. The summed E-state index contributed by atoms with van der Waals surface area (Å²) in [5.41, 5.74) is 6.33. The van der Waals surface area contributed by atoms with E-state index in [-0.39, 0.29) is 30.1 Å². The van der Waals surface area contributed by atoms with Crippen molar-refractivity contribution in [2.24, 2.45) is 11.7 Å². The van der Waals surface area contributed by atoms with E-state index in [4.69, 9.17) is 5.73 Å². The van der Waals surface area contributed by atoms with E-state index in [9.17, 15) is 9.18 Å². The van der Waals surface area contributed by atoms with Crippen molar-refractivity contribution in [3.63, 3.8) is 0 Å². The highest BCUT2D eigenvalue weighted by molar-refractivity contribution is 5.78. The fourth-order valence-corrected chi connectivity index (χ4v) is 1.44. The fourth-order valence-electron chi connectivity index (χ4n) is 1.44. The van der Waals surface area contributed by atoms with Crippen molar-refractivity contribution in [1.82, 2.24) is 5.32 Å². The van der Waals surface area contributed by atoms with Gasteiger partial charge in [0.15, 0.2) is 0 Å². The van der Waals surface area contributed by atoms with Crippen molar-refractivity contribution in [3.05, 3.63) is 35.6 Å². The van der Waals surface area contributed by atoms with Crippen LogP contribution in [0.4, 0.5) is 4.39 Å². The Morgan fingerprint density at radius 3 is 2.47 bits per heavy atom. The van der Waals surface area contributed by atoms with E-state index in [1.165, 1.54) is 12.1 Å². The number of rotatable bonds is 5. The van der Waals surface area contributed by atoms with E-state index in [0.29, 0.717) is 6.54 Å². The molecule has 0 spiro atoms. The maximum Gasteiger partial charge on any atom is 0.224 e. The topological polar surface area (TPSA) is 55.1 Å². The second-order valence-corrected chi connectivity index (χ2v) is 4.37. The molecule has 94 valence electrons. The Morgan fingerprint density at radius 1 is 1.35 bits per heavy atom. The predicted octanol–water partition coefficient (Wildman–Crippen LogP) is 1.47. The van der Waals surface area contributed by atoms with E-state index < -0.39 is 0 Å². The summed E-state index contributed by atoms with van der Waals surface area (Å²) in [6, 6.07) is 5.99. The van der Waals surface area contributed by atoms with Crippen LogP contribution in [0, 0.1) is 11.7 Å². The average molecular weight is 238 g/mol. The molecule has 0 radical (unpaired) electrons. The Labute approximate surface area is 101 Å².